The van der Waals surface area contributed by atoms with Crippen molar-refractivity contribution in [3.63, 3.8) is 0 Å². The molecule has 0 fully saturated rings. The first-order valence-electron chi connectivity index (χ1n) is 17.9. The smallest absolute Gasteiger partial charge is 0.160 e. The predicted molar refractivity (Wildman–Crippen MR) is 223 cm³/mol. The summed E-state index contributed by atoms with van der Waals surface area (Å²) < 4.78 is 0. The molecule has 0 radical (unpaired) electrons. The highest BCUT2D eigenvalue weighted by Crippen LogP contribution is 2.34. The van der Waals surface area contributed by atoms with E-state index in [0.717, 1.165) is 44.8 Å². The Morgan fingerprint density at radius 1 is 0.288 bits per heavy atom. The van der Waals surface area contributed by atoms with Gasteiger partial charge in [0.1, 0.15) is 0 Å². The van der Waals surface area contributed by atoms with Crippen molar-refractivity contribution in [3.8, 4) is 78.4 Å². The fourth-order valence-corrected chi connectivity index (χ4v) is 7.89. The van der Waals surface area contributed by atoms with Crippen LogP contribution in [0.15, 0.2) is 188 Å². The minimum absolute atomic E-state index is 0.709. The monoisotopic (exact) mass is 684 g/mol. The van der Waals surface area contributed by atoms with E-state index in [2.05, 4.69) is 183 Å². The summed E-state index contributed by atoms with van der Waals surface area (Å²) >= 11 is 0. The lowest BCUT2D eigenvalue weighted by Crippen LogP contribution is -2.37. The second kappa shape index (κ2) is 14.2. The minimum atomic E-state index is -1.34. The van der Waals surface area contributed by atoms with Gasteiger partial charge >= 0.3 is 0 Å². The van der Waals surface area contributed by atoms with Crippen molar-refractivity contribution in [1.82, 2.24) is 9.97 Å². The summed E-state index contributed by atoms with van der Waals surface area (Å²) in [5, 5.41) is 1.48. The van der Waals surface area contributed by atoms with E-state index in [-0.39, 0.29) is 0 Å². The average Bonchev–Trinajstić information content (AvgIpc) is 3.21. The molecule has 0 aliphatic carbocycles. The van der Waals surface area contributed by atoms with Crippen molar-refractivity contribution >= 4 is 13.3 Å². The summed E-state index contributed by atoms with van der Waals surface area (Å²) in [5.41, 5.74) is 14.4. The van der Waals surface area contributed by atoms with Gasteiger partial charge in [0.25, 0.3) is 0 Å². The molecule has 7 aromatic carbocycles. The van der Waals surface area contributed by atoms with Gasteiger partial charge in [-0.3, -0.25) is 0 Å². The van der Waals surface area contributed by atoms with Crippen molar-refractivity contribution in [1.29, 1.82) is 0 Å². The third-order valence-corrected chi connectivity index (χ3v) is 11.7. The van der Waals surface area contributed by atoms with Crippen LogP contribution in [0.1, 0.15) is 0 Å². The fourth-order valence-electron chi connectivity index (χ4n) is 6.73. The Labute approximate surface area is 308 Å². The third-order valence-electron chi connectivity index (χ3n) is 9.66. The molecule has 8 rings (SSSR count). The molecule has 0 aliphatic heterocycles. The summed E-state index contributed by atoms with van der Waals surface area (Å²) in [4.78, 5) is 10.2. The highest BCUT2D eigenvalue weighted by Gasteiger charge is 2.16. The lowest BCUT2D eigenvalue weighted by Gasteiger charge is -2.17. The van der Waals surface area contributed by atoms with Crippen molar-refractivity contribution in [2.24, 2.45) is 0 Å². The molecular weight excluding hydrogens is 645 g/mol. The molecule has 0 unspecified atom stereocenters. The normalized spacial score (nSPS) is 11.4. The topological polar surface area (TPSA) is 25.8 Å². The van der Waals surface area contributed by atoms with E-state index in [4.69, 9.17) is 9.97 Å². The van der Waals surface area contributed by atoms with Crippen LogP contribution in [0.25, 0.3) is 78.4 Å². The van der Waals surface area contributed by atoms with Crippen LogP contribution in [0.5, 0.6) is 0 Å². The van der Waals surface area contributed by atoms with Gasteiger partial charge in [-0.1, -0.05) is 183 Å². The summed E-state index contributed by atoms with van der Waals surface area (Å²) in [6, 6.07) is 67.0. The molecule has 1 heterocycles. The van der Waals surface area contributed by atoms with E-state index >= 15 is 0 Å². The van der Waals surface area contributed by atoms with Crippen LogP contribution in [0.4, 0.5) is 0 Å². The summed E-state index contributed by atoms with van der Waals surface area (Å²) in [6.45, 7) is 7.18. The Morgan fingerprint density at radius 3 is 1.04 bits per heavy atom. The highest BCUT2D eigenvalue weighted by molar-refractivity contribution is 6.88. The summed E-state index contributed by atoms with van der Waals surface area (Å²) in [6.07, 6.45) is 0. The van der Waals surface area contributed by atoms with E-state index in [0.29, 0.717) is 5.82 Å². The Bertz CT molecular complexity index is 2480. The lowest BCUT2D eigenvalue weighted by molar-refractivity contribution is 1.18. The van der Waals surface area contributed by atoms with E-state index in [9.17, 15) is 0 Å². The quantitative estimate of drug-likeness (QED) is 0.149. The molecule has 2 nitrogen and oxygen atoms in total. The summed E-state index contributed by atoms with van der Waals surface area (Å²) in [5.74, 6) is 0.709. The summed E-state index contributed by atoms with van der Waals surface area (Å²) in [7, 11) is -1.34. The Morgan fingerprint density at radius 2 is 0.615 bits per heavy atom. The molecule has 3 heteroatoms. The second-order valence-electron chi connectivity index (χ2n) is 14.3. The van der Waals surface area contributed by atoms with Gasteiger partial charge in [0.15, 0.2) is 5.82 Å². The molecule has 0 aliphatic rings. The van der Waals surface area contributed by atoms with Gasteiger partial charge in [-0.25, -0.2) is 9.97 Å². The van der Waals surface area contributed by atoms with Crippen LogP contribution in [0.3, 0.4) is 0 Å². The third kappa shape index (κ3) is 7.18. The van der Waals surface area contributed by atoms with Gasteiger partial charge in [-0.2, -0.15) is 0 Å². The molecule has 0 atom stereocenters. The predicted octanol–water partition coefficient (Wildman–Crippen LogP) is 12.7. The number of nitrogens with zero attached hydrogens (tertiary/aromatic N) is 2. The highest BCUT2D eigenvalue weighted by atomic mass is 28.3. The largest absolute Gasteiger partial charge is 0.228 e. The lowest BCUT2D eigenvalue weighted by atomic mass is 9.95. The zero-order valence-corrected chi connectivity index (χ0v) is 30.8. The number of rotatable bonds is 8. The Kier molecular flexibility index (Phi) is 9.03. The number of hydrogen-bond donors (Lipinski definition) is 0. The SMILES string of the molecule is C[Si](C)(C)c1ccc(-c2cccc(-c3cccc(-c4cccc(-c5cc(-c6cccc(-c7ccccc7)c6)nc(-c6ccccc6)n5)c4)c3)c2)cc1. The molecule has 8 aromatic rings. The molecular formula is C49H40N2Si. The Hall–Kier alpha value is -6.16. The van der Waals surface area contributed by atoms with Crippen molar-refractivity contribution in [2.75, 3.05) is 0 Å². The average molecular weight is 685 g/mol. The molecule has 0 spiro atoms. The first kappa shape index (κ1) is 33.0. The van der Waals surface area contributed by atoms with E-state index in [1.54, 1.807) is 0 Å². The number of aromatic nitrogens is 2. The maximum Gasteiger partial charge on any atom is 0.160 e. The van der Waals surface area contributed by atoms with Crippen LogP contribution in [0, 0.1) is 0 Å². The van der Waals surface area contributed by atoms with Crippen molar-refractivity contribution < 1.29 is 0 Å². The van der Waals surface area contributed by atoms with Crippen molar-refractivity contribution in [2.45, 2.75) is 19.6 Å². The number of hydrogen-bond acceptors (Lipinski definition) is 2. The van der Waals surface area contributed by atoms with Crippen LogP contribution in [0.2, 0.25) is 19.6 Å². The van der Waals surface area contributed by atoms with Gasteiger partial charge in [-0.15, -0.1) is 0 Å². The van der Waals surface area contributed by atoms with E-state index in [1.165, 1.54) is 33.0 Å². The number of benzene rings is 7. The maximum absolute atomic E-state index is 5.13. The van der Waals surface area contributed by atoms with Crippen LogP contribution >= 0.6 is 0 Å². The first-order chi connectivity index (χ1) is 25.4. The van der Waals surface area contributed by atoms with Crippen LogP contribution in [-0.2, 0) is 0 Å². The van der Waals surface area contributed by atoms with E-state index in [1.807, 2.05) is 24.3 Å². The fraction of sp³-hybridized carbons (Fsp3) is 0.0612. The van der Waals surface area contributed by atoms with Crippen LogP contribution < -0.4 is 5.19 Å². The molecule has 250 valence electrons. The zero-order chi connectivity index (χ0) is 35.5. The van der Waals surface area contributed by atoms with Gasteiger partial charge in [0.05, 0.1) is 19.5 Å². The molecule has 0 bridgehead atoms. The molecule has 0 saturated carbocycles. The first-order valence-corrected chi connectivity index (χ1v) is 21.4. The molecule has 52 heavy (non-hydrogen) atoms. The maximum atomic E-state index is 5.13. The second-order valence-corrected chi connectivity index (χ2v) is 19.4. The minimum Gasteiger partial charge on any atom is -0.228 e. The van der Waals surface area contributed by atoms with E-state index < -0.39 is 8.07 Å². The molecule has 0 saturated heterocycles. The Balaban J connectivity index is 1.15. The van der Waals surface area contributed by atoms with Gasteiger partial charge in [0, 0.05) is 16.7 Å². The standard InChI is InChI=1S/C49H40N2Si/c1-52(2,3)46-28-26-36(27-29-46)38-18-10-20-40(30-38)41-21-11-22-42(31-41)43-23-13-25-45(33-43)48-34-47(50-49(51-48)37-16-8-5-9-17-37)44-24-12-19-39(32-44)35-14-6-4-7-15-35/h4-34H,1-3H3. The molecule has 1 aromatic heterocycles. The van der Waals surface area contributed by atoms with Gasteiger partial charge < -0.3 is 0 Å². The van der Waals surface area contributed by atoms with Gasteiger partial charge in [-0.05, 0) is 74.8 Å². The van der Waals surface area contributed by atoms with Gasteiger partial charge in [0.2, 0.25) is 0 Å². The molecule has 0 amide bonds. The van der Waals surface area contributed by atoms with Crippen molar-refractivity contribution in [3.05, 3.63) is 188 Å². The van der Waals surface area contributed by atoms with Crippen LogP contribution in [-0.4, -0.2) is 18.0 Å². The molecule has 0 N–H and O–H groups in total. The zero-order valence-electron chi connectivity index (χ0n) is 29.8.